The summed E-state index contributed by atoms with van der Waals surface area (Å²) in [6, 6.07) is 15.1. The van der Waals surface area contributed by atoms with Crippen LogP contribution in [0, 0.1) is 18.8 Å². The zero-order chi connectivity index (χ0) is 24.5. The molecule has 7 heteroatoms. The molecule has 0 bridgehead atoms. The normalized spacial score (nSPS) is 13.5. The minimum atomic E-state index is -1.33. The molecule has 0 radical (unpaired) electrons. The van der Waals surface area contributed by atoms with Crippen molar-refractivity contribution in [1.29, 1.82) is 0 Å². The molecule has 2 aromatic rings. The lowest BCUT2D eigenvalue weighted by Crippen LogP contribution is -2.40. The first-order chi connectivity index (χ1) is 15.7. The zero-order valence-electron chi connectivity index (χ0n) is 19.6. The summed E-state index contributed by atoms with van der Waals surface area (Å²) in [7, 11) is 0. The van der Waals surface area contributed by atoms with Crippen molar-refractivity contribution in [3.8, 4) is 0 Å². The van der Waals surface area contributed by atoms with Crippen LogP contribution in [-0.2, 0) is 28.7 Å². The number of carbonyl (C=O) groups excluding carboxylic acids is 4. The van der Waals surface area contributed by atoms with E-state index in [1.54, 1.807) is 26.0 Å². The number of hydrogen-bond donors (Lipinski definition) is 0. The summed E-state index contributed by atoms with van der Waals surface area (Å²) in [4.78, 5) is 52.9. The summed E-state index contributed by atoms with van der Waals surface area (Å²) in [5, 5.41) is 0. The van der Waals surface area contributed by atoms with Gasteiger partial charge in [0.15, 0.2) is 0 Å². The number of ether oxygens (including phenoxy) is 2. The van der Waals surface area contributed by atoms with Crippen LogP contribution in [-0.4, -0.2) is 36.7 Å². The van der Waals surface area contributed by atoms with Gasteiger partial charge in [-0.2, -0.15) is 0 Å². The molecular formula is C26H30O6S. The molecule has 2 rings (SSSR count). The molecule has 176 valence electrons. The Balaban J connectivity index is 2.70. The van der Waals surface area contributed by atoms with Gasteiger partial charge in [-0.1, -0.05) is 47.7 Å². The fraction of sp³-hybridized carbons (Fsp3) is 0.385. The van der Waals surface area contributed by atoms with Gasteiger partial charge in [0.1, 0.15) is 23.4 Å². The SMILES string of the molecule is CCOC(=O)C(C(C)=O)C(c1ccccc1Sc1ccc(C)cc1)C(C(C)=O)C(=O)OCC. The highest BCUT2D eigenvalue weighted by Crippen LogP contribution is 2.42. The zero-order valence-corrected chi connectivity index (χ0v) is 20.4. The number of aryl methyl sites for hydroxylation is 1. The maximum Gasteiger partial charge on any atom is 0.317 e. The number of ketones is 2. The smallest absolute Gasteiger partial charge is 0.317 e. The van der Waals surface area contributed by atoms with Crippen molar-refractivity contribution in [3.63, 3.8) is 0 Å². The Labute approximate surface area is 199 Å². The highest BCUT2D eigenvalue weighted by molar-refractivity contribution is 7.99. The van der Waals surface area contributed by atoms with E-state index >= 15 is 0 Å². The van der Waals surface area contributed by atoms with Gasteiger partial charge in [-0.3, -0.25) is 19.2 Å². The van der Waals surface area contributed by atoms with E-state index in [4.69, 9.17) is 9.47 Å². The first kappa shape index (κ1) is 26.3. The molecule has 0 aliphatic heterocycles. The second-order valence-corrected chi connectivity index (χ2v) is 8.77. The lowest BCUT2D eigenvalue weighted by atomic mass is 9.73. The first-order valence-electron chi connectivity index (χ1n) is 10.9. The van der Waals surface area contributed by atoms with Crippen LogP contribution in [0.15, 0.2) is 58.3 Å². The van der Waals surface area contributed by atoms with Gasteiger partial charge in [0.2, 0.25) is 0 Å². The standard InChI is InChI=1S/C26H30O6S/c1-6-31-25(29)22(17(4)27)24(23(18(5)28)26(30)32-7-2)20-10-8-9-11-21(20)33-19-14-12-16(3)13-15-19/h8-15,22-24H,6-7H2,1-5H3. The van der Waals surface area contributed by atoms with Crippen molar-refractivity contribution in [2.75, 3.05) is 13.2 Å². The van der Waals surface area contributed by atoms with Crippen LogP contribution >= 0.6 is 11.8 Å². The summed E-state index contributed by atoms with van der Waals surface area (Å²) in [5.74, 6) is -6.21. The molecule has 0 fully saturated rings. The van der Waals surface area contributed by atoms with E-state index in [0.29, 0.717) is 5.56 Å². The largest absolute Gasteiger partial charge is 0.465 e. The Morgan fingerprint density at radius 2 is 1.27 bits per heavy atom. The third-order valence-electron chi connectivity index (χ3n) is 5.20. The van der Waals surface area contributed by atoms with Crippen molar-refractivity contribution in [3.05, 3.63) is 59.7 Å². The Kier molecular flexibility index (Phi) is 9.85. The summed E-state index contributed by atoms with van der Waals surface area (Å²) in [5.41, 5.74) is 1.66. The molecule has 0 saturated carbocycles. The van der Waals surface area contributed by atoms with Crippen molar-refractivity contribution in [2.24, 2.45) is 11.8 Å². The fourth-order valence-corrected chi connectivity index (χ4v) is 4.72. The van der Waals surface area contributed by atoms with Crippen molar-refractivity contribution >= 4 is 35.3 Å². The molecule has 2 aromatic carbocycles. The summed E-state index contributed by atoms with van der Waals surface area (Å²) < 4.78 is 10.4. The molecule has 0 aliphatic rings. The molecule has 2 atom stereocenters. The van der Waals surface area contributed by atoms with Crippen LogP contribution in [0.25, 0.3) is 0 Å². The van der Waals surface area contributed by atoms with Crippen LogP contribution in [0.4, 0.5) is 0 Å². The van der Waals surface area contributed by atoms with Crippen LogP contribution in [0.1, 0.15) is 44.7 Å². The second-order valence-electron chi connectivity index (χ2n) is 7.66. The van der Waals surface area contributed by atoms with E-state index in [2.05, 4.69) is 0 Å². The van der Waals surface area contributed by atoms with Gasteiger partial charge >= 0.3 is 11.9 Å². The molecule has 0 aromatic heterocycles. The number of Topliss-reactive ketones (excluding diaryl/α,β-unsaturated/α-hetero) is 2. The Hall–Kier alpha value is -2.93. The van der Waals surface area contributed by atoms with Gasteiger partial charge in [-0.25, -0.2) is 0 Å². The Morgan fingerprint density at radius 1 is 0.788 bits per heavy atom. The number of esters is 2. The Bertz CT molecular complexity index is 962. The van der Waals surface area contributed by atoms with Gasteiger partial charge < -0.3 is 9.47 Å². The van der Waals surface area contributed by atoms with Crippen molar-refractivity contribution in [2.45, 2.75) is 50.3 Å². The molecule has 0 heterocycles. The van der Waals surface area contributed by atoms with E-state index in [9.17, 15) is 19.2 Å². The molecule has 0 amide bonds. The third kappa shape index (κ3) is 6.78. The molecule has 6 nitrogen and oxygen atoms in total. The number of hydrogen-bond acceptors (Lipinski definition) is 7. The highest BCUT2D eigenvalue weighted by Gasteiger charge is 2.46. The molecular weight excluding hydrogens is 440 g/mol. The molecule has 0 saturated heterocycles. The molecule has 33 heavy (non-hydrogen) atoms. The molecule has 0 aliphatic carbocycles. The third-order valence-corrected chi connectivity index (χ3v) is 6.30. The van der Waals surface area contributed by atoms with Gasteiger partial charge in [0, 0.05) is 15.7 Å². The maximum atomic E-state index is 12.9. The van der Waals surface area contributed by atoms with E-state index in [-0.39, 0.29) is 13.2 Å². The van der Waals surface area contributed by atoms with E-state index in [1.807, 2.05) is 43.3 Å². The summed E-state index contributed by atoms with van der Waals surface area (Å²) >= 11 is 1.43. The maximum absolute atomic E-state index is 12.9. The van der Waals surface area contributed by atoms with Gasteiger partial charge in [-0.05, 0) is 58.4 Å². The van der Waals surface area contributed by atoms with Crippen LogP contribution < -0.4 is 0 Å². The number of carbonyl (C=O) groups is 4. The van der Waals surface area contributed by atoms with Crippen LogP contribution in [0.3, 0.4) is 0 Å². The molecule has 2 unspecified atom stereocenters. The van der Waals surface area contributed by atoms with Gasteiger partial charge in [0.05, 0.1) is 13.2 Å². The lowest BCUT2D eigenvalue weighted by Gasteiger charge is -2.30. The van der Waals surface area contributed by atoms with Crippen molar-refractivity contribution in [1.82, 2.24) is 0 Å². The number of rotatable bonds is 11. The average Bonchev–Trinajstić information content (AvgIpc) is 2.75. The minimum absolute atomic E-state index is 0.0687. The fourth-order valence-electron chi connectivity index (χ4n) is 3.73. The van der Waals surface area contributed by atoms with Crippen molar-refractivity contribution < 1.29 is 28.7 Å². The predicted molar refractivity (Wildman–Crippen MR) is 126 cm³/mol. The lowest BCUT2D eigenvalue weighted by molar-refractivity contribution is -0.157. The van der Waals surface area contributed by atoms with Gasteiger partial charge in [-0.15, -0.1) is 0 Å². The molecule has 0 N–H and O–H groups in total. The monoisotopic (exact) mass is 470 g/mol. The van der Waals surface area contributed by atoms with E-state index in [0.717, 1.165) is 15.4 Å². The quantitative estimate of drug-likeness (QED) is 0.345. The minimum Gasteiger partial charge on any atom is -0.465 e. The van der Waals surface area contributed by atoms with Crippen LogP contribution in [0.5, 0.6) is 0 Å². The van der Waals surface area contributed by atoms with E-state index < -0.39 is 41.3 Å². The predicted octanol–water partition coefficient (Wildman–Crippen LogP) is 4.77. The Morgan fingerprint density at radius 3 is 1.73 bits per heavy atom. The highest BCUT2D eigenvalue weighted by atomic mass is 32.2. The number of benzene rings is 2. The summed E-state index contributed by atoms with van der Waals surface area (Å²) in [6.45, 7) is 7.95. The van der Waals surface area contributed by atoms with E-state index in [1.165, 1.54) is 25.6 Å². The average molecular weight is 471 g/mol. The van der Waals surface area contributed by atoms with Crippen LogP contribution in [0.2, 0.25) is 0 Å². The molecule has 0 spiro atoms. The topological polar surface area (TPSA) is 86.7 Å². The summed E-state index contributed by atoms with van der Waals surface area (Å²) in [6.07, 6.45) is 0. The van der Waals surface area contributed by atoms with Gasteiger partial charge in [0.25, 0.3) is 0 Å². The first-order valence-corrected chi connectivity index (χ1v) is 11.7. The second kappa shape index (κ2) is 12.3.